The van der Waals surface area contributed by atoms with Crippen LogP contribution in [-0.2, 0) is 19.8 Å². The normalized spacial score (nSPS) is 27.2. The minimum atomic E-state index is -3.78. The lowest BCUT2D eigenvalue weighted by atomic mass is 9.76. The third-order valence-electron chi connectivity index (χ3n) is 5.09. The van der Waals surface area contributed by atoms with Crippen molar-refractivity contribution in [3.8, 4) is 11.5 Å². The Morgan fingerprint density at radius 2 is 2.13 bits per heavy atom. The molecule has 7 nitrogen and oxygen atoms in total. The Hall–Kier alpha value is -2.07. The van der Waals surface area contributed by atoms with Crippen molar-refractivity contribution in [2.24, 2.45) is 10.9 Å². The summed E-state index contributed by atoms with van der Waals surface area (Å²) in [6.45, 7) is 6.09. The van der Waals surface area contributed by atoms with Gasteiger partial charge in [0, 0.05) is 35.6 Å². The number of hydrogen-bond acceptors (Lipinski definition) is 8. The fraction of sp³-hybridized carbons (Fsp3) is 0.600. The topological polar surface area (TPSA) is 92.4 Å². The van der Waals surface area contributed by atoms with Crippen LogP contribution in [-0.4, -0.2) is 41.9 Å². The number of nitrogen functional groups attached to an aromatic ring is 1. The van der Waals surface area contributed by atoms with Crippen LogP contribution in [0.4, 0.5) is 14.5 Å². The maximum absolute atomic E-state index is 13.8. The van der Waals surface area contributed by atoms with Crippen LogP contribution in [0, 0.1) is 5.92 Å². The van der Waals surface area contributed by atoms with Gasteiger partial charge in [-0.05, 0) is 33.3 Å². The maximum Gasteiger partial charge on any atom is 0.586 e. The molecule has 2 atom stereocenters. The predicted molar refractivity (Wildman–Crippen MR) is 108 cm³/mol. The Balaban J connectivity index is 1.75. The largest absolute Gasteiger partial charge is 0.586 e. The Labute approximate surface area is 177 Å². The number of nitrogens with two attached hydrogens (primary N) is 1. The van der Waals surface area contributed by atoms with Crippen LogP contribution >= 0.6 is 11.8 Å². The van der Waals surface area contributed by atoms with Crippen molar-refractivity contribution >= 4 is 28.5 Å². The molecule has 0 aliphatic carbocycles. The number of esters is 1. The number of ether oxygens (including phenoxy) is 4. The zero-order valence-corrected chi connectivity index (χ0v) is 17.8. The molecule has 0 spiro atoms. The molecular weight excluding hydrogens is 418 g/mol. The highest BCUT2D eigenvalue weighted by Gasteiger charge is 2.52. The molecule has 30 heavy (non-hydrogen) atoms. The molecule has 10 heteroatoms. The Kier molecular flexibility index (Phi) is 5.13. The third-order valence-corrected chi connectivity index (χ3v) is 6.23. The number of halogens is 2. The highest BCUT2D eigenvalue weighted by Crippen LogP contribution is 2.54. The number of rotatable bonds is 3. The summed E-state index contributed by atoms with van der Waals surface area (Å²) in [5, 5.41) is 0.563. The molecule has 0 amide bonds. The van der Waals surface area contributed by atoms with Crippen LogP contribution in [0.15, 0.2) is 17.1 Å². The molecule has 1 saturated heterocycles. The number of carbonyl (C=O) groups is 1. The van der Waals surface area contributed by atoms with E-state index in [2.05, 4.69) is 4.74 Å². The van der Waals surface area contributed by atoms with E-state index in [0.717, 1.165) is 0 Å². The number of aliphatic imine (C=N–C) groups is 1. The van der Waals surface area contributed by atoms with E-state index < -0.39 is 23.4 Å². The number of carbonyl (C=O) groups excluding carboxylic acids is 1. The average molecular weight is 442 g/mol. The van der Waals surface area contributed by atoms with E-state index >= 15 is 0 Å². The van der Waals surface area contributed by atoms with Gasteiger partial charge in [-0.15, -0.1) is 20.5 Å². The summed E-state index contributed by atoms with van der Waals surface area (Å²) in [4.78, 5) is 17.2. The number of nitrogens with zero attached hydrogens (tertiary/aromatic N) is 1. The van der Waals surface area contributed by atoms with Gasteiger partial charge in [-0.2, -0.15) is 0 Å². The first-order chi connectivity index (χ1) is 14.0. The third kappa shape index (κ3) is 4.07. The molecule has 3 heterocycles. The second-order valence-corrected chi connectivity index (χ2v) is 9.70. The van der Waals surface area contributed by atoms with Gasteiger partial charge in [0.05, 0.1) is 18.1 Å². The van der Waals surface area contributed by atoms with Gasteiger partial charge in [0.1, 0.15) is 11.1 Å². The summed E-state index contributed by atoms with van der Waals surface area (Å²) in [6, 6.07) is 2.88. The Morgan fingerprint density at radius 3 is 2.87 bits per heavy atom. The molecule has 0 aromatic heterocycles. The molecule has 1 fully saturated rings. The van der Waals surface area contributed by atoms with Crippen molar-refractivity contribution in [3.63, 3.8) is 0 Å². The highest BCUT2D eigenvalue weighted by molar-refractivity contribution is 8.14. The average Bonchev–Trinajstić information content (AvgIpc) is 2.92. The zero-order valence-electron chi connectivity index (χ0n) is 17.0. The molecule has 0 bridgehead atoms. The summed E-state index contributed by atoms with van der Waals surface area (Å²) < 4.78 is 48.2. The molecular formula is C20H24F2N2O5S. The zero-order chi connectivity index (χ0) is 21.7. The first-order valence-corrected chi connectivity index (χ1v) is 10.7. The standard InChI is InChI=1S/C20H24F2N2O5S/c1-18(2,3)28-16(25)8-15-24-19(10-26-5-4-11(19)9-30-15)13-6-12(23)7-14-17(13)29-20(21,22)27-14/h6-7,11H,4-5,8-10,23H2,1-3H3/t11-,19-/m0/s1. The molecule has 1 aromatic rings. The van der Waals surface area contributed by atoms with E-state index in [4.69, 9.17) is 24.9 Å². The SMILES string of the molecule is CC(C)(C)OC(=O)CC1=N[C@@]2(c3cc(N)cc4c3OC(F)(F)O4)COCC[C@H]2CS1. The number of alkyl halides is 2. The molecule has 3 aliphatic rings. The van der Waals surface area contributed by atoms with Crippen LogP contribution in [0.25, 0.3) is 0 Å². The summed E-state index contributed by atoms with van der Waals surface area (Å²) in [5.41, 5.74) is 5.02. The van der Waals surface area contributed by atoms with Crippen molar-refractivity contribution in [2.75, 3.05) is 24.7 Å². The van der Waals surface area contributed by atoms with E-state index in [9.17, 15) is 13.6 Å². The van der Waals surface area contributed by atoms with E-state index in [0.29, 0.717) is 29.4 Å². The van der Waals surface area contributed by atoms with E-state index in [1.165, 1.54) is 17.8 Å². The van der Waals surface area contributed by atoms with Gasteiger partial charge < -0.3 is 24.7 Å². The van der Waals surface area contributed by atoms with E-state index in [-0.39, 0.29) is 36.1 Å². The summed E-state index contributed by atoms with van der Waals surface area (Å²) in [5.74, 6) is 0.0457. The van der Waals surface area contributed by atoms with Gasteiger partial charge in [0.15, 0.2) is 11.5 Å². The van der Waals surface area contributed by atoms with Crippen molar-refractivity contribution in [1.82, 2.24) is 0 Å². The van der Waals surface area contributed by atoms with Crippen molar-refractivity contribution in [1.29, 1.82) is 0 Å². The minimum absolute atomic E-state index is 0.00218. The molecule has 4 rings (SSSR count). The fourth-order valence-electron chi connectivity index (χ4n) is 3.95. The number of hydrogen-bond donors (Lipinski definition) is 1. The summed E-state index contributed by atoms with van der Waals surface area (Å²) in [7, 11) is 0. The van der Waals surface area contributed by atoms with Gasteiger partial charge in [-0.3, -0.25) is 9.79 Å². The van der Waals surface area contributed by atoms with Crippen LogP contribution in [0.2, 0.25) is 0 Å². The lowest BCUT2D eigenvalue weighted by molar-refractivity contribution is -0.287. The number of benzene rings is 1. The number of fused-ring (bicyclic) bond motifs is 2. The van der Waals surface area contributed by atoms with Crippen LogP contribution in [0.1, 0.15) is 39.2 Å². The first kappa shape index (κ1) is 21.2. The van der Waals surface area contributed by atoms with Crippen LogP contribution < -0.4 is 15.2 Å². The van der Waals surface area contributed by atoms with Gasteiger partial charge in [-0.1, -0.05) is 0 Å². The number of anilines is 1. The molecule has 3 aliphatic heterocycles. The van der Waals surface area contributed by atoms with Gasteiger partial charge in [-0.25, -0.2) is 0 Å². The second-order valence-electron chi connectivity index (χ2n) is 8.61. The molecule has 0 unspecified atom stereocenters. The predicted octanol–water partition coefficient (Wildman–Crippen LogP) is 3.70. The minimum Gasteiger partial charge on any atom is -0.460 e. The smallest absolute Gasteiger partial charge is 0.460 e. The quantitative estimate of drug-likeness (QED) is 0.564. The molecule has 0 saturated carbocycles. The highest BCUT2D eigenvalue weighted by atomic mass is 32.2. The lowest BCUT2D eigenvalue weighted by Gasteiger charge is -2.44. The number of thioether (sulfide) groups is 1. The monoisotopic (exact) mass is 442 g/mol. The second kappa shape index (κ2) is 7.26. The Bertz CT molecular complexity index is 902. The van der Waals surface area contributed by atoms with Crippen molar-refractivity contribution in [2.45, 2.75) is 51.0 Å². The van der Waals surface area contributed by atoms with Crippen LogP contribution in [0.3, 0.4) is 0 Å². The van der Waals surface area contributed by atoms with Gasteiger partial charge >= 0.3 is 12.3 Å². The van der Waals surface area contributed by atoms with Gasteiger partial charge in [0.25, 0.3) is 0 Å². The summed E-state index contributed by atoms with van der Waals surface area (Å²) in [6.07, 6.45) is -3.09. The first-order valence-electron chi connectivity index (χ1n) is 9.68. The summed E-state index contributed by atoms with van der Waals surface area (Å²) >= 11 is 1.48. The Morgan fingerprint density at radius 1 is 1.37 bits per heavy atom. The van der Waals surface area contributed by atoms with Gasteiger partial charge in [0.2, 0.25) is 0 Å². The fourth-order valence-corrected chi connectivity index (χ4v) is 5.23. The molecule has 1 aromatic carbocycles. The van der Waals surface area contributed by atoms with Crippen molar-refractivity contribution < 1.29 is 32.5 Å². The molecule has 164 valence electrons. The maximum atomic E-state index is 13.8. The van der Waals surface area contributed by atoms with Crippen molar-refractivity contribution in [3.05, 3.63) is 17.7 Å². The molecule has 0 radical (unpaired) electrons. The molecule has 2 N–H and O–H groups in total. The lowest BCUT2D eigenvalue weighted by Crippen LogP contribution is -2.47. The van der Waals surface area contributed by atoms with Crippen LogP contribution in [0.5, 0.6) is 11.5 Å². The van der Waals surface area contributed by atoms with E-state index in [1.807, 2.05) is 0 Å². The van der Waals surface area contributed by atoms with E-state index in [1.54, 1.807) is 26.8 Å².